The van der Waals surface area contributed by atoms with Crippen molar-refractivity contribution in [3.8, 4) is 0 Å². The summed E-state index contributed by atoms with van der Waals surface area (Å²) >= 11 is 1.73. The number of rotatable bonds is 6. The summed E-state index contributed by atoms with van der Waals surface area (Å²) in [5.74, 6) is 0.857. The number of aliphatic imine (C=N–C) groups is 1. The van der Waals surface area contributed by atoms with Gasteiger partial charge in [0.25, 0.3) is 0 Å². The van der Waals surface area contributed by atoms with Crippen molar-refractivity contribution >= 4 is 17.3 Å². The predicted octanol–water partition coefficient (Wildman–Crippen LogP) is 1.92. The average molecular weight is 354 g/mol. The van der Waals surface area contributed by atoms with E-state index in [1.54, 1.807) is 11.3 Å². The zero-order valence-corrected chi connectivity index (χ0v) is 16.4. The summed E-state index contributed by atoms with van der Waals surface area (Å²) in [6.45, 7) is 15.7. The standard InChI is InChI=1S/C17H31N5OS/c1-6-18-17(20-10-16-21-14(4)15(5)24-16)19-9-12(2)22-7-8-23-11-13(22)3/h12-13H,6-11H2,1-5H3,(H2,18,19,20). The van der Waals surface area contributed by atoms with E-state index < -0.39 is 0 Å². The van der Waals surface area contributed by atoms with Crippen molar-refractivity contribution in [2.45, 2.75) is 53.2 Å². The number of morpholine rings is 1. The molecule has 0 aromatic carbocycles. The fourth-order valence-corrected chi connectivity index (χ4v) is 3.71. The fourth-order valence-electron chi connectivity index (χ4n) is 2.85. The highest BCUT2D eigenvalue weighted by Gasteiger charge is 2.23. The minimum atomic E-state index is 0.442. The van der Waals surface area contributed by atoms with Crippen LogP contribution in [0.4, 0.5) is 0 Å². The summed E-state index contributed by atoms with van der Waals surface area (Å²) < 4.78 is 5.52. The lowest BCUT2D eigenvalue weighted by molar-refractivity contribution is -0.0174. The van der Waals surface area contributed by atoms with Gasteiger partial charge in [-0.2, -0.15) is 0 Å². The summed E-state index contributed by atoms with van der Waals surface area (Å²) in [5, 5.41) is 7.85. The van der Waals surface area contributed by atoms with Crippen LogP contribution in [-0.2, 0) is 11.3 Å². The summed E-state index contributed by atoms with van der Waals surface area (Å²) in [7, 11) is 0. The highest BCUT2D eigenvalue weighted by molar-refractivity contribution is 7.11. The Morgan fingerprint density at radius 2 is 2.25 bits per heavy atom. The van der Waals surface area contributed by atoms with Gasteiger partial charge in [-0.05, 0) is 34.6 Å². The van der Waals surface area contributed by atoms with Gasteiger partial charge in [0.15, 0.2) is 5.96 Å². The van der Waals surface area contributed by atoms with Crippen molar-refractivity contribution in [3.63, 3.8) is 0 Å². The predicted molar refractivity (Wildman–Crippen MR) is 101 cm³/mol. The SMILES string of the molecule is CCNC(=NCc1nc(C)c(C)s1)NCC(C)N1CCOCC1C. The largest absolute Gasteiger partial charge is 0.379 e. The second kappa shape index (κ2) is 9.34. The average Bonchev–Trinajstić information content (AvgIpc) is 2.88. The molecule has 24 heavy (non-hydrogen) atoms. The van der Waals surface area contributed by atoms with E-state index in [1.807, 2.05) is 6.92 Å². The van der Waals surface area contributed by atoms with Gasteiger partial charge < -0.3 is 15.4 Å². The van der Waals surface area contributed by atoms with E-state index in [0.29, 0.717) is 18.6 Å². The molecular formula is C17H31N5OS. The van der Waals surface area contributed by atoms with Crippen LogP contribution in [0.25, 0.3) is 0 Å². The maximum absolute atomic E-state index is 5.52. The second-order valence-corrected chi connectivity index (χ2v) is 7.62. The Kier molecular flexibility index (Phi) is 7.45. The molecule has 6 nitrogen and oxygen atoms in total. The van der Waals surface area contributed by atoms with Gasteiger partial charge in [0.05, 0.1) is 25.5 Å². The minimum Gasteiger partial charge on any atom is -0.379 e. The molecule has 2 unspecified atom stereocenters. The van der Waals surface area contributed by atoms with E-state index in [1.165, 1.54) is 4.88 Å². The lowest BCUT2D eigenvalue weighted by Crippen LogP contribution is -2.53. The van der Waals surface area contributed by atoms with E-state index in [2.05, 4.69) is 53.2 Å². The molecule has 1 aromatic heterocycles. The quantitative estimate of drug-likeness (QED) is 0.604. The molecule has 2 rings (SSSR count). The lowest BCUT2D eigenvalue weighted by atomic mass is 10.2. The zero-order valence-electron chi connectivity index (χ0n) is 15.6. The van der Waals surface area contributed by atoms with Crippen molar-refractivity contribution in [2.24, 2.45) is 4.99 Å². The smallest absolute Gasteiger partial charge is 0.191 e. The van der Waals surface area contributed by atoms with Gasteiger partial charge in [-0.1, -0.05) is 0 Å². The van der Waals surface area contributed by atoms with Crippen molar-refractivity contribution in [2.75, 3.05) is 32.8 Å². The maximum Gasteiger partial charge on any atom is 0.191 e. The van der Waals surface area contributed by atoms with Gasteiger partial charge in [-0.3, -0.25) is 4.90 Å². The van der Waals surface area contributed by atoms with Crippen molar-refractivity contribution in [3.05, 3.63) is 15.6 Å². The van der Waals surface area contributed by atoms with Crippen LogP contribution in [0.3, 0.4) is 0 Å². The molecule has 0 bridgehead atoms. The van der Waals surface area contributed by atoms with E-state index >= 15 is 0 Å². The highest BCUT2D eigenvalue weighted by Crippen LogP contribution is 2.17. The molecule has 2 atom stereocenters. The molecule has 1 fully saturated rings. The molecule has 0 amide bonds. The van der Waals surface area contributed by atoms with Gasteiger partial charge in [0, 0.05) is 36.6 Å². The Morgan fingerprint density at radius 3 is 2.88 bits per heavy atom. The topological polar surface area (TPSA) is 61.8 Å². The number of ether oxygens (including phenoxy) is 1. The van der Waals surface area contributed by atoms with E-state index in [-0.39, 0.29) is 0 Å². The van der Waals surface area contributed by atoms with Crippen LogP contribution < -0.4 is 10.6 Å². The van der Waals surface area contributed by atoms with Gasteiger partial charge in [-0.15, -0.1) is 11.3 Å². The number of hydrogen-bond acceptors (Lipinski definition) is 5. The molecule has 1 aliphatic rings. The van der Waals surface area contributed by atoms with Crippen LogP contribution >= 0.6 is 11.3 Å². The third-order valence-electron chi connectivity index (χ3n) is 4.34. The third-order valence-corrected chi connectivity index (χ3v) is 5.40. The number of nitrogens with zero attached hydrogens (tertiary/aromatic N) is 3. The van der Waals surface area contributed by atoms with Gasteiger partial charge >= 0.3 is 0 Å². The van der Waals surface area contributed by atoms with Crippen LogP contribution in [0.5, 0.6) is 0 Å². The van der Waals surface area contributed by atoms with Crippen LogP contribution in [0.15, 0.2) is 4.99 Å². The first-order valence-corrected chi connectivity index (χ1v) is 9.61. The molecule has 2 heterocycles. The summed E-state index contributed by atoms with van der Waals surface area (Å²) in [6, 6.07) is 0.911. The van der Waals surface area contributed by atoms with Crippen molar-refractivity contribution in [1.29, 1.82) is 0 Å². The maximum atomic E-state index is 5.52. The number of aromatic nitrogens is 1. The van der Waals surface area contributed by atoms with Crippen LogP contribution in [0.1, 0.15) is 36.3 Å². The Hall–Kier alpha value is -1.18. The number of guanidine groups is 1. The van der Waals surface area contributed by atoms with Crippen LogP contribution in [0.2, 0.25) is 0 Å². The molecular weight excluding hydrogens is 322 g/mol. The Balaban J connectivity index is 1.88. The van der Waals surface area contributed by atoms with Crippen molar-refractivity contribution in [1.82, 2.24) is 20.5 Å². The van der Waals surface area contributed by atoms with Crippen molar-refractivity contribution < 1.29 is 4.74 Å². The minimum absolute atomic E-state index is 0.442. The first-order chi connectivity index (χ1) is 11.5. The van der Waals surface area contributed by atoms with E-state index in [0.717, 1.165) is 49.5 Å². The molecule has 0 radical (unpaired) electrons. The zero-order chi connectivity index (χ0) is 17.5. The number of nitrogens with one attached hydrogen (secondary N) is 2. The molecule has 136 valence electrons. The first kappa shape index (κ1) is 19.1. The normalized spacial score (nSPS) is 20.9. The molecule has 7 heteroatoms. The summed E-state index contributed by atoms with van der Waals surface area (Å²) in [6.07, 6.45) is 0. The van der Waals surface area contributed by atoms with Gasteiger partial charge in [-0.25, -0.2) is 9.98 Å². The molecule has 0 spiro atoms. The molecule has 1 aromatic rings. The number of thiazole rings is 1. The number of aryl methyl sites for hydroxylation is 2. The molecule has 1 saturated heterocycles. The monoisotopic (exact) mass is 353 g/mol. The Bertz CT molecular complexity index is 526. The van der Waals surface area contributed by atoms with E-state index in [9.17, 15) is 0 Å². The summed E-state index contributed by atoms with van der Waals surface area (Å²) in [5.41, 5.74) is 1.11. The Labute approximate surface area is 149 Å². The van der Waals surface area contributed by atoms with E-state index in [4.69, 9.17) is 4.74 Å². The van der Waals surface area contributed by atoms with Crippen LogP contribution in [-0.4, -0.2) is 60.8 Å². The van der Waals surface area contributed by atoms with Gasteiger partial charge in [0.1, 0.15) is 5.01 Å². The summed E-state index contributed by atoms with van der Waals surface area (Å²) in [4.78, 5) is 13.0. The molecule has 2 N–H and O–H groups in total. The first-order valence-electron chi connectivity index (χ1n) is 8.79. The second-order valence-electron chi connectivity index (χ2n) is 6.34. The fraction of sp³-hybridized carbons (Fsp3) is 0.765. The highest BCUT2D eigenvalue weighted by atomic mass is 32.1. The van der Waals surface area contributed by atoms with Crippen LogP contribution in [0, 0.1) is 13.8 Å². The molecule has 0 aliphatic carbocycles. The Morgan fingerprint density at radius 1 is 1.46 bits per heavy atom. The number of hydrogen-bond donors (Lipinski definition) is 2. The van der Waals surface area contributed by atoms with Gasteiger partial charge in [0.2, 0.25) is 0 Å². The molecule has 0 saturated carbocycles. The lowest BCUT2D eigenvalue weighted by Gasteiger charge is -2.38. The third kappa shape index (κ3) is 5.43. The molecule has 1 aliphatic heterocycles.